The molecule has 0 radical (unpaired) electrons. The highest BCUT2D eigenvalue weighted by atomic mass is 19.4. The van der Waals surface area contributed by atoms with Crippen molar-refractivity contribution in [1.82, 2.24) is 0 Å². The molecule has 2 aromatic carbocycles. The second-order valence-electron chi connectivity index (χ2n) is 12.9. The van der Waals surface area contributed by atoms with Gasteiger partial charge in [-0.2, -0.15) is 22.0 Å². The number of benzene rings is 2. The SMILES string of the molecule is COC(=O)c1cccc(NC(=O)c2ccc(C3CC4(C)C(OC(F)(F)C(F)(F)F)CCC4C4CCC5=CC(=O)CCC5=C34)cc2)c1. The fourth-order valence-corrected chi connectivity index (χ4v) is 8.26. The van der Waals surface area contributed by atoms with Gasteiger partial charge >= 0.3 is 18.3 Å². The fourth-order valence-electron chi connectivity index (χ4n) is 8.26. The summed E-state index contributed by atoms with van der Waals surface area (Å²) in [6.45, 7) is 1.77. The van der Waals surface area contributed by atoms with Crippen molar-refractivity contribution in [2.45, 2.75) is 76.2 Å². The third kappa shape index (κ3) is 5.67. The van der Waals surface area contributed by atoms with E-state index in [-0.39, 0.29) is 35.5 Å². The number of amides is 1. The van der Waals surface area contributed by atoms with Gasteiger partial charge in [0.2, 0.25) is 0 Å². The summed E-state index contributed by atoms with van der Waals surface area (Å²) >= 11 is 0. The second-order valence-corrected chi connectivity index (χ2v) is 12.9. The number of allylic oxidation sites excluding steroid dienone is 4. The molecule has 244 valence electrons. The molecule has 0 heterocycles. The Balaban J connectivity index is 1.33. The Labute approximate surface area is 263 Å². The summed E-state index contributed by atoms with van der Waals surface area (Å²) in [6, 6.07) is 13.2. The van der Waals surface area contributed by atoms with Crippen molar-refractivity contribution in [2.75, 3.05) is 12.4 Å². The van der Waals surface area contributed by atoms with Gasteiger partial charge in [0.25, 0.3) is 5.91 Å². The van der Waals surface area contributed by atoms with E-state index in [1.165, 1.54) is 13.2 Å². The third-order valence-corrected chi connectivity index (χ3v) is 10.4. The lowest BCUT2D eigenvalue weighted by Crippen LogP contribution is -2.50. The number of rotatable bonds is 6. The molecule has 0 saturated heterocycles. The van der Waals surface area contributed by atoms with E-state index >= 15 is 0 Å². The van der Waals surface area contributed by atoms with Gasteiger partial charge < -0.3 is 14.8 Å². The Hall–Kier alpha value is -3.86. The molecule has 0 aromatic heterocycles. The van der Waals surface area contributed by atoms with Gasteiger partial charge in [0, 0.05) is 23.6 Å². The number of anilines is 1. The molecule has 5 atom stereocenters. The molecular weight excluding hydrogens is 609 g/mol. The van der Waals surface area contributed by atoms with Crippen LogP contribution in [0.5, 0.6) is 0 Å². The smallest absolute Gasteiger partial charge is 0.465 e. The normalized spacial score (nSPS) is 27.7. The Morgan fingerprint density at radius 3 is 2.37 bits per heavy atom. The van der Waals surface area contributed by atoms with Crippen LogP contribution in [0.3, 0.4) is 0 Å². The van der Waals surface area contributed by atoms with Crippen LogP contribution in [0.25, 0.3) is 0 Å². The highest BCUT2D eigenvalue weighted by Crippen LogP contribution is 2.65. The van der Waals surface area contributed by atoms with Crippen molar-refractivity contribution < 1.29 is 45.8 Å². The highest BCUT2D eigenvalue weighted by molar-refractivity contribution is 6.05. The van der Waals surface area contributed by atoms with E-state index in [1.54, 1.807) is 55.5 Å². The minimum absolute atomic E-state index is 0.0535. The molecule has 1 N–H and O–H groups in total. The lowest BCUT2D eigenvalue weighted by atomic mass is 9.53. The highest BCUT2D eigenvalue weighted by Gasteiger charge is 2.65. The van der Waals surface area contributed by atoms with E-state index in [9.17, 15) is 36.3 Å². The number of carbonyl (C=O) groups is 3. The van der Waals surface area contributed by atoms with Crippen molar-refractivity contribution in [3.05, 3.63) is 88.0 Å². The summed E-state index contributed by atoms with van der Waals surface area (Å²) in [7, 11) is 1.26. The lowest BCUT2D eigenvalue weighted by molar-refractivity contribution is -0.408. The van der Waals surface area contributed by atoms with Gasteiger partial charge in [-0.1, -0.05) is 30.7 Å². The summed E-state index contributed by atoms with van der Waals surface area (Å²) in [5.74, 6) is -1.43. The molecule has 4 aliphatic rings. The molecule has 2 fully saturated rings. The molecular formula is C35H34F5NO5. The summed E-state index contributed by atoms with van der Waals surface area (Å²) in [6.07, 6.45) is -7.58. The van der Waals surface area contributed by atoms with E-state index in [1.807, 2.05) is 0 Å². The molecule has 0 bridgehead atoms. The molecule has 5 unspecified atom stereocenters. The van der Waals surface area contributed by atoms with Crippen LogP contribution < -0.4 is 5.32 Å². The fraction of sp³-hybridized carbons (Fsp3) is 0.457. The maximum atomic E-state index is 14.2. The number of methoxy groups -OCH3 is 1. The molecule has 4 aliphatic carbocycles. The first-order valence-corrected chi connectivity index (χ1v) is 15.4. The van der Waals surface area contributed by atoms with E-state index in [2.05, 4.69) is 10.1 Å². The quantitative estimate of drug-likeness (QED) is 0.254. The maximum Gasteiger partial charge on any atom is 0.482 e. The molecule has 11 heteroatoms. The molecule has 0 aliphatic heterocycles. The van der Waals surface area contributed by atoms with Crippen LogP contribution in [-0.4, -0.2) is 43.2 Å². The first-order chi connectivity index (χ1) is 21.7. The summed E-state index contributed by atoms with van der Waals surface area (Å²) in [4.78, 5) is 37.3. The number of ether oxygens (including phenoxy) is 2. The number of hydrogen-bond acceptors (Lipinski definition) is 5. The van der Waals surface area contributed by atoms with Crippen molar-refractivity contribution in [1.29, 1.82) is 0 Å². The molecule has 0 spiro atoms. The minimum atomic E-state index is -5.82. The zero-order chi connectivity index (χ0) is 33.0. The third-order valence-electron chi connectivity index (χ3n) is 10.4. The predicted octanol–water partition coefficient (Wildman–Crippen LogP) is 8.17. The van der Waals surface area contributed by atoms with Gasteiger partial charge in [-0.25, -0.2) is 4.79 Å². The van der Waals surface area contributed by atoms with Gasteiger partial charge in [0.15, 0.2) is 5.78 Å². The molecule has 6 nitrogen and oxygen atoms in total. The first kappa shape index (κ1) is 32.1. The average Bonchev–Trinajstić information content (AvgIpc) is 3.34. The topological polar surface area (TPSA) is 81.7 Å². The van der Waals surface area contributed by atoms with Gasteiger partial charge in [0.05, 0.1) is 18.8 Å². The summed E-state index contributed by atoms with van der Waals surface area (Å²) < 4.78 is 77.4. The number of fused-ring (bicyclic) bond motifs is 4. The van der Waals surface area contributed by atoms with Gasteiger partial charge in [-0.15, -0.1) is 0 Å². The zero-order valence-electron chi connectivity index (χ0n) is 25.4. The van der Waals surface area contributed by atoms with Gasteiger partial charge in [-0.05, 0) is 109 Å². The largest absolute Gasteiger partial charge is 0.482 e. The number of alkyl halides is 5. The van der Waals surface area contributed by atoms with E-state index < -0.39 is 35.7 Å². The monoisotopic (exact) mass is 643 g/mol. The van der Waals surface area contributed by atoms with Crippen molar-refractivity contribution in [3.63, 3.8) is 0 Å². The van der Waals surface area contributed by atoms with Gasteiger partial charge in [-0.3, -0.25) is 9.59 Å². The molecule has 46 heavy (non-hydrogen) atoms. The van der Waals surface area contributed by atoms with Crippen LogP contribution in [-0.2, 0) is 14.3 Å². The zero-order valence-corrected chi connectivity index (χ0v) is 25.4. The van der Waals surface area contributed by atoms with Crippen LogP contribution >= 0.6 is 0 Å². The van der Waals surface area contributed by atoms with Gasteiger partial charge in [0.1, 0.15) is 0 Å². The maximum absolute atomic E-state index is 14.2. The molecule has 1 amide bonds. The average molecular weight is 644 g/mol. The molecule has 2 saturated carbocycles. The van der Waals surface area contributed by atoms with Crippen LogP contribution in [0.1, 0.15) is 84.1 Å². The molecule has 2 aromatic rings. The van der Waals surface area contributed by atoms with Crippen LogP contribution in [0.15, 0.2) is 71.3 Å². The predicted molar refractivity (Wildman–Crippen MR) is 158 cm³/mol. The molecule has 6 rings (SSSR count). The van der Waals surface area contributed by atoms with Crippen molar-refractivity contribution in [2.24, 2.45) is 17.3 Å². The van der Waals surface area contributed by atoms with E-state index in [4.69, 9.17) is 4.74 Å². The van der Waals surface area contributed by atoms with E-state index in [0.29, 0.717) is 49.8 Å². The minimum Gasteiger partial charge on any atom is -0.465 e. The Morgan fingerprint density at radius 1 is 0.935 bits per heavy atom. The number of esters is 1. The van der Waals surface area contributed by atoms with Crippen LogP contribution in [0, 0.1) is 17.3 Å². The number of nitrogens with one attached hydrogen (secondary N) is 1. The standard InChI is InChI=1S/C35H34F5NO5/c1-33-18-27(19-6-8-20(9-7-19)31(43)41-23-5-3-4-22(16-23)32(44)45-2)30-25-13-11-24(42)17-21(25)10-12-26(30)28(33)14-15-29(33)46-35(39,40)34(36,37)38/h3-9,16-17,26-29H,10-15,18H2,1-2H3,(H,41,43). The lowest BCUT2D eigenvalue weighted by Gasteiger charge is -2.52. The Kier molecular flexibility index (Phi) is 8.19. The first-order valence-electron chi connectivity index (χ1n) is 15.4. The second kappa shape index (κ2) is 11.7. The van der Waals surface area contributed by atoms with Crippen LogP contribution in [0.2, 0.25) is 0 Å². The number of carbonyl (C=O) groups excluding carboxylic acids is 3. The summed E-state index contributed by atoms with van der Waals surface area (Å²) in [5, 5.41) is 2.76. The number of hydrogen-bond donors (Lipinski definition) is 1. The van der Waals surface area contributed by atoms with Crippen LogP contribution in [0.4, 0.5) is 27.6 Å². The van der Waals surface area contributed by atoms with Crippen molar-refractivity contribution >= 4 is 23.3 Å². The number of ketones is 1. The Bertz CT molecular complexity index is 1630. The van der Waals surface area contributed by atoms with E-state index in [0.717, 1.165) is 22.3 Å². The number of halogens is 5. The summed E-state index contributed by atoms with van der Waals surface area (Å²) in [5.41, 5.74) is 4.07. The Morgan fingerprint density at radius 2 is 1.67 bits per heavy atom. The van der Waals surface area contributed by atoms with Crippen molar-refractivity contribution in [3.8, 4) is 0 Å².